The lowest BCUT2D eigenvalue weighted by molar-refractivity contribution is -0.118. The molecule has 8 nitrogen and oxygen atoms in total. The Balaban J connectivity index is 1.64. The zero-order chi connectivity index (χ0) is 24.2. The van der Waals surface area contributed by atoms with Gasteiger partial charge in [-0.3, -0.25) is 19.7 Å². The third kappa shape index (κ3) is 5.22. The zero-order valence-electron chi connectivity index (χ0n) is 19.1. The van der Waals surface area contributed by atoms with Crippen LogP contribution in [0.5, 0.6) is 0 Å². The monoisotopic (exact) mass is 481 g/mol. The standard InChI is InChI=1S/C25H28ClN5O3/c1-30(19-8-3-2-4-9-19)24(34)17-10-11-21-20(15-17)28-25(31(21)13-12-22(27)32)29-23(33)16-6-5-7-18(26)14-16/h5-7,10-11,14-15,19H,2-4,8-9,12-13H2,1H3,(H2,27,32)(H,28,29,33). The van der Waals surface area contributed by atoms with E-state index in [4.69, 9.17) is 17.3 Å². The maximum atomic E-state index is 13.1. The van der Waals surface area contributed by atoms with Crippen molar-refractivity contribution >= 4 is 46.3 Å². The Bertz CT molecular complexity index is 1230. The van der Waals surface area contributed by atoms with Gasteiger partial charge in [-0.1, -0.05) is 36.9 Å². The highest BCUT2D eigenvalue weighted by molar-refractivity contribution is 6.31. The number of carbonyl (C=O) groups excluding carboxylic acids is 3. The van der Waals surface area contributed by atoms with Crippen LogP contribution in [0.2, 0.25) is 5.02 Å². The molecule has 0 spiro atoms. The van der Waals surface area contributed by atoms with Gasteiger partial charge >= 0.3 is 0 Å². The average molecular weight is 482 g/mol. The van der Waals surface area contributed by atoms with Crippen LogP contribution in [0.25, 0.3) is 11.0 Å². The second-order valence-corrected chi connectivity index (χ2v) is 9.12. The lowest BCUT2D eigenvalue weighted by atomic mass is 9.94. The summed E-state index contributed by atoms with van der Waals surface area (Å²) in [4.78, 5) is 43.8. The molecular weight excluding hydrogens is 454 g/mol. The van der Waals surface area contributed by atoms with Crippen LogP contribution >= 0.6 is 11.6 Å². The summed E-state index contributed by atoms with van der Waals surface area (Å²) in [7, 11) is 1.85. The molecule has 3 aromatic rings. The Morgan fingerprint density at radius 2 is 1.88 bits per heavy atom. The molecule has 3 amide bonds. The maximum absolute atomic E-state index is 13.1. The van der Waals surface area contributed by atoms with Crippen molar-refractivity contribution in [2.45, 2.75) is 51.1 Å². The number of benzene rings is 2. The first-order valence-corrected chi connectivity index (χ1v) is 11.8. The first kappa shape index (κ1) is 23.8. The van der Waals surface area contributed by atoms with Crippen molar-refractivity contribution in [1.82, 2.24) is 14.5 Å². The van der Waals surface area contributed by atoms with Crippen LogP contribution in [0.3, 0.4) is 0 Å². The van der Waals surface area contributed by atoms with E-state index in [1.165, 1.54) is 6.42 Å². The number of hydrogen-bond acceptors (Lipinski definition) is 4. The number of rotatable bonds is 7. The van der Waals surface area contributed by atoms with Crippen molar-refractivity contribution in [1.29, 1.82) is 0 Å². The van der Waals surface area contributed by atoms with Gasteiger partial charge in [0, 0.05) is 42.2 Å². The first-order chi connectivity index (χ1) is 16.3. The van der Waals surface area contributed by atoms with Crippen molar-refractivity contribution < 1.29 is 14.4 Å². The Hall–Kier alpha value is -3.39. The van der Waals surface area contributed by atoms with E-state index in [1.54, 1.807) is 47.0 Å². The molecule has 1 aromatic heterocycles. The largest absolute Gasteiger partial charge is 0.370 e. The van der Waals surface area contributed by atoms with Gasteiger partial charge < -0.3 is 15.2 Å². The Kier molecular flexibility index (Phi) is 7.17. The fourth-order valence-electron chi connectivity index (χ4n) is 4.45. The van der Waals surface area contributed by atoms with E-state index >= 15 is 0 Å². The summed E-state index contributed by atoms with van der Waals surface area (Å²) in [6, 6.07) is 12.1. The number of fused-ring (bicyclic) bond motifs is 1. The number of primary amides is 1. The Morgan fingerprint density at radius 3 is 2.59 bits per heavy atom. The fraction of sp³-hybridized carbons (Fsp3) is 0.360. The molecule has 1 fully saturated rings. The Labute approximate surface area is 203 Å². The lowest BCUT2D eigenvalue weighted by Gasteiger charge is -2.31. The minimum atomic E-state index is -0.463. The van der Waals surface area contributed by atoms with E-state index in [1.807, 2.05) is 11.9 Å². The number of hydrogen-bond donors (Lipinski definition) is 2. The summed E-state index contributed by atoms with van der Waals surface area (Å²) in [6.45, 7) is 0.242. The van der Waals surface area contributed by atoms with E-state index < -0.39 is 5.91 Å². The minimum Gasteiger partial charge on any atom is -0.370 e. The second kappa shape index (κ2) is 10.3. The molecule has 0 saturated heterocycles. The number of carbonyl (C=O) groups is 3. The van der Waals surface area contributed by atoms with Crippen LogP contribution in [-0.4, -0.2) is 45.3 Å². The molecule has 3 N–H and O–H groups in total. The third-order valence-electron chi connectivity index (χ3n) is 6.33. The van der Waals surface area contributed by atoms with Crippen LogP contribution in [-0.2, 0) is 11.3 Å². The Morgan fingerprint density at radius 1 is 1.12 bits per heavy atom. The molecule has 9 heteroatoms. The van der Waals surface area contributed by atoms with Gasteiger partial charge in [0.05, 0.1) is 11.0 Å². The van der Waals surface area contributed by atoms with Crippen molar-refractivity contribution in [3.8, 4) is 0 Å². The van der Waals surface area contributed by atoms with E-state index in [0.717, 1.165) is 25.7 Å². The molecule has 178 valence electrons. The van der Waals surface area contributed by atoms with Crippen molar-refractivity contribution in [3.63, 3.8) is 0 Å². The molecule has 1 saturated carbocycles. The van der Waals surface area contributed by atoms with Gasteiger partial charge in [-0.15, -0.1) is 0 Å². The smallest absolute Gasteiger partial charge is 0.258 e. The molecule has 0 unspecified atom stereocenters. The van der Waals surface area contributed by atoms with Gasteiger partial charge in [-0.25, -0.2) is 4.98 Å². The molecule has 1 heterocycles. The topological polar surface area (TPSA) is 110 Å². The number of aryl methyl sites for hydroxylation is 1. The van der Waals surface area contributed by atoms with Crippen LogP contribution in [0, 0.1) is 0 Å². The van der Waals surface area contributed by atoms with E-state index in [9.17, 15) is 14.4 Å². The van der Waals surface area contributed by atoms with Gasteiger partial charge in [0.15, 0.2) is 0 Å². The molecule has 2 aromatic carbocycles. The highest BCUT2D eigenvalue weighted by Gasteiger charge is 2.24. The normalized spacial score (nSPS) is 14.2. The molecular formula is C25H28ClN5O3. The number of anilines is 1. The highest BCUT2D eigenvalue weighted by Crippen LogP contribution is 2.26. The summed E-state index contributed by atoms with van der Waals surface area (Å²) in [5.41, 5.74) is 7.51. The number of nitrogens with two attached hydrogens (primary N) is 1. The molecule has 34 heavy (non-hydrogen) atoms. The summed E-state index contributed by atoms with van der Waals surface area (Å²) >= 11 is 6.01. The average Bonchev–Trinajstić information content (AvgIpc) is 3.18. The second-order valence-electron chi connectivity index (χ2n) is 8.68. The predicted molar refractivity (Wildman–Crippen MR) is 132 cm³/mol. The van der Waals surface area contributed by atoms with Crippen LogP contribution in [0.1, 0.15) is 59.2 Å². The number of aromatic nitrogens is 2. The predicted octanol–water partition coefficient (Wildman–Crippen LogP) is 4.22. The highest BCUT2D eigenvalue weighted by atomic mass is 35.5. The lowest BCUT2D eigenvalue weighted by Crippen LogP contribution is -2.38. The zero-order valence-corrected chi connectivity index (χ0v) is 19.8. The maximum Gasteiger partial charge on any atom is 0.258 e. The van der Waals surface area contributed by atoms with Crippen molar-refractivity contribution in [2.24, 2.45) is 5.73 Å². The summed E-state index contributed by atoms with van der Waals surface area (Å²) in [6.07, 6.45) is 5.62. The van der Waals surface area contributed by atoms with E-state index in [-0.39, 0.29) is 36.8 Å². The summed E-state index contributed by atoms with van der Waals surface area (Å²) in [5.74, 6) is -0.627. The fourth-order valence-corrected chi connectivity index (χ4v) is 4.64. The van der Waals surface area contributed by atoms with E-state index in [2.05, 4.69) is 10.3 Å². The molecule has 1 aliphatic carbocycles. The molecule has 0 aliphatic heterocycles. The summed E-state index contributed by atoms with van der Waals surface area (Å²) in [5, 5.41) is 3.24. The minimum absolute atomic E-state index is 0.0509. The molecule has 1 aliphatic rings. The molecule has 0 bridgehead atoms. The first-order valence-electron chi connectivity index (χ1n) is 11.5. The number of imidazole rings is 1. The van der Waals surface area contributed by atoms with Crippen molar-refractivity contribution in [3.05, 3.63) is 58.6 Å². The number of nitrogens with zero attached hydrogens (tertiary/aromatic N) is 3. The summed E-state index contributed by atoms with van der Waals surface area (Å²) < 4.78 is 1.72. The molecule has 4 rings (SSSR count). The number of halogens is 1. The number of amides is 3. The molecule has 0 atom stereocenters. The van der Waals surface area contributed by atoms with Crippen LogP contribution in [0.4, 0.5) is 5.95 Å². The third-order valence-corrected chi connectivity index (χ3v) is 6.57. The van der Waals surface area contributed by atoms with Gasteiger partial charge in [-0.05, 0) is 49.2 Å². The van der Waals surface area contributed by atoms with Crippen LogP contribution in [0.15, 0.2) is 42.5 Å². The van der Waals surface area contributed by atoms with Gasteiger partial charge in [0.1, 0.15) is 0 Å². The van der Waals surface area contributed by atoms with Gasteiger partial charge in [0.2, 0.25) is 11.9 Å². The van der Waals surface area contributed by atoms with Gasteiger partial charge in [0.25, 0.3) is 11.8 Å². The van der Waals surface area contributed by atoms with Gasteiger partial charge in [-0.2, -0.15) is 0 Å². The quantitative estimate of drug-likeness (QED) is 0.526. The molecule has 0 radical (unpaired) electrons. The van der Waals surface area contributed by atoms with Crippen LogP contribution < -0.4 is 11.1 Å². The van der Waals surface area contributed by atoms with Crippen molar-refractivity contribution in [2.75, 3.05) is 12.4 Å². The SMILES string of the molecule is CN(C(=O)c1ccc2c(c1)nc(NC(=O)c1cccc(Cl)c1)n2CCC(N)=O)C1CCCCC1. The van der Waals surface area contributed by atoms with E-state index in [0.29, 0.717) is 27.2 Å². The number of nitrogens with one attached hydrogen (secondary N) is 1.